The van der Waals surface area contributed by atoms with Crippen molar-refractivity contribution < 1.29 is 0 Å². The maximum Gasteiger partial charge on any atom is 0.224 e. The lowest BCUT2D eigenvalue weighted by Crippen LogP contribution is -2.23. The van der Waals surface area contributed by atoms with Gasteiger partial charge in [0.25, 0.3) is 0 Å². The number of anilines is 1. The van der Waals surface area contributed by atoms with E-state index >= 15 is 0 Å². The van der Waals surface area contributed by atoms with Crippen molar-refractivity contribution in [2.75, 3.05) is 11.9 Å². The molecule has 1 aromatic heterocycles. The second kappa shape index (κ2) is 5.76. The molecule has 1 unspecified atom stereocenters. The van der Waals surface area contributed by atoms with Crippen LogP contribution in [0.3, 0.4) is 0 Å². The van der Waals surface area contributed by atoms with Gasteiger partial charge in [-0.1, -0.05) is 23.7 Å². The Balaban J connectivity index is 2.30. The van der Waals surface area contributed by atoms with Gasteiger partial charge in [-0.3, -0.25) is 0 Å². The predicted molar refractivity (Wildman–Crippen MR) is 80.0 cm³/mol. The van der Waals surface area contributed by atoms with Crippen LogP contribution in [0.4, 0.5) is 5.82 Å². The molecule has 0 fully saturated rings. The molecule has 0 amide bonds. The Hall–Kier alpha value is -1.32. The van der Waals surface area contributed by atoms with Crippen molar-refractivity contribution in [3.8, 4) is 0 Å². The third-order valence-electron chi connectivity index (χ3n) is 3.18. The molecule has 19 heavy (non-hydrogen) atoms. The molecule has 0 saturated carbocycles. The van der Waals surface area contributed by atoms with Crippen LogP contribution in [0, 0.1) is 6.92 Å². The van der Waals surface area contributed by atoms with E-state index in [4.69, 9.17) is 23.2 Å². The average Bonchev–Trinajstić information content (AvgIpc) is 2.41. The highest BCUT2D eigenvalue weighted by molar-refractivity contribution is 6.30. The topological polar surface area (TPSA) is 29.0 Å². The molecule has 0 radical (unpaired) electrons. The monoisotopic (exact) mass is 295 g/mol. The molecule has 1 heterocycles. The lowest BCUT2D eigenvalue weighted by Gasteiger charge is -2.27. The molecule has 1 atom stereocenters. The molecule has 0 spiro atoms. The van der Waals surface area contributed by atoms with Crippen molar-refractivity contribution >= 4 is 29.0 Å². The van der Waals surface area contributed by atoms with Gasteiger partial charge >= 0.3 is 0 Å². The Labute approximate surface area is 123 Å². The maximum atomic E-state index is 5.91. The Bertz CT molecular complexity index is 569. The van der Waals surface area contributed by atoms with Crippen LogP contribution in [0.15, 0.2) is 30.5 Å². The van der Waals surface area contributed by atoms with Gasteiger partial charge in [-0.15, -0.1) is 0 Å². The number of benzene rings is 1. The molecule has 5 heteroatoms. The van der Waals surface area contributed by atoms with Crippen molar-refractivity contribution in [2.45, 2.75) is 19.9 Å². The summed E-state index contributed by atoms with van der Waals surface area (Å²) in [7, 11) is 1.99. The van der Waals surface area contributed by atoms with Gasteiger partial charge in [0, 0.05) is 23.8 Å². The van der Waals surface area contributed by atoms with Crippen molar-refractivity contribution in [3.63, 3.8) is 0 Å². The zero-order valence-electron chi connectivity index (χ0n) is 11.1. The first-order chi connectivity index (χ1) is 8.99. The SMILES string of the molecule is Cc1cnc(Cl)nc1N(C)C(C)c1ccc(Cl)cc1. The zero-order chi connectivity index (χ0) is 14.0. The molecular formula is C14H15Cl2N3. The van der Waals surface area contributed by atoms with Crippen LogP contribution >= 0.6 is 23.2 Å². The molecular weight excluding hydrogens is 281 g/mol. The van der Waals surface area contributed by atoms with Gasteiger partial charge in [-0.25, -0.2) is 9.97 Å². The second-order valence-corrected chi connectivity index (χ2v) is 5.26. The predicted octanol–water partition coefficient (Wildman–Crippen LogP) is 4.29. The number of hydrogen-bond acceptors (Lipinski definition) is 3. The Kier molecular flexibility index (Phi) is 4.27. The lowest BCUT2D eigenvalue weighted by atomic mass is 10.1. The van der Waals surface area contributed by atoms with E-state index in [2.05, 4.69) is 21.8 Å². The van der Waals surface area contributed by atoms with E-state index in [-0.39, 0.29) is 11.3 Å². The van der Waals surface area contributed by atoms with E-state index in [1.807, 2.05) is 38.2 Å². The Morgan fingerprint density at radius 1 is 1.16 bits per heavy atom. The lowest BCUT2D eigenvalue weighted by molar-refractivity contribution is 0.724. The molecule has 0 N–H and O–H groups in total. The smallest absolute Gasteiger partial charge is 0.224 e. The van der Waals surface area contributed by atoms with E-state index in [0.717, 1.165) is 16.4 Å². The van der Waals surface area contributed by atoms with Gasteiger partial charge in [-0.05, 0) is 43.1 Å². The van der Waals surface area contributed by atoms with E-state index in [0.29, 0.717) is 0 Å². The fourth-order valence-corrected chi connectivity index (χ4v) is 2.17. The van der Waals surface area contributed by atoms with Gasteiger partial charge < -0.3 is 4.90 Å². The molecule has 2 aromatic rings. The van der Waals surface area contributed by atoms with Crippen LogP contribution < -0.4 is 4.90 Å². The van der Waals surface area contributed by atoms with Crippen LogP contribution in [-0.4, -0.2) is 17.0 Å². The number of aromatic nitrogens is 2. The largest absolute Gasteiger partial charge is 0.353 e. The van der Waals surface area contributed by atoms with Crippen molar-refractivity contribution in [1.82, 2.24) is 9.97 Å². The summed E-state index contributed by atoms with van der Waals surface area (Å²) in [5.41, 5.74) is 2.16. The molecule has 0 aliphatic heterocycles. The highest BCUT2D eigenvalue weighted by Gasteiger charge is 2.16. The third-order valence-corrected chi connectivity index (χ3v) is 3.62. The second-order valence-electron chi connectivity index (χ2n) is 4.48. The highest BCUT2D eigenvalue weighted by Crippen LogP contribution is 2.27. The van der Waals surface area contributed by atoms with Gasteiger partial charge in [0.05, 0.1) is 6.04 Å². The van der Waals surface area contributed by atoms with Gasteiger partial charge in [0.1, 0.15) is 5.82 Å². The number of halogens is 2. The molecule has 3 nitrogen and oxygen atoms in total. The summed E-state index contributed by atoms with van der Waals surface area (Å²) < 4.78 is 0. The fraction of sp³-hybridized carbons (Fsp3) is 0.286. The molecule has 1 aromatic carbocycles. The van der Waals surface area contributed by atoms with Gasteiger partial charge in [-0.2, -0.15) is 0 Å². The van der Waals surface area contributed by atoms with Crippen LogP contribution in [0.5, 0.6) is 0 Å². The Morgan fingerprint density at radius 3 is 2.42 bits per heavy atom. The third kappa shape index (κ3) is 3.17. The first-order valence-electron chi connectivity index (χ1n) is 5.96. The summed E-state index contributed by atoms with van der Waals surface area (Å²) in [6, 6.07) is 7.98. The molecule has 0 saturated heterocycles. The molecule has 100 valence electrons. The molecule has 0 bridgehead atoms. The van der Waals surface area contributed by atoms with Gasteiger partial charge in [0.15, 0.2) is 0 Å². The number of rotatable bonds is 3. The van der Waals surface area contributed by atoms with Crippen LogP contribution in [0.1, 0.15) is 24.1 Å². The Morgan fingerprint density at radius 2 is 1.79 bits per heavy atom. The highest BCUT2D eigenvalue weighted by atomic mass is 35.5. The van der Waals surface area contributed by atoms with E-state index < -0.39 is 0 Å². The minimum absolute atomic E-state index is 0.168. The van der Waals surface area contributed by atoms with Crippen molar-refractivity contribution in [2.24, 2.45) is 0 Å². The van der Waals surface area contributed by atoms with E-state index in [9.17, 15) is 0 Å². The minimum atomic E-state index is 0.168. The van der Waals surface area contributed by atoms with Gasteiger partial charge in [0.2, 0.25) is 5.28 Å². The fourth-order valence-electron chi connectivity index (χ4n) is 1.92. The minimum Gasteiger partial charge on any atom is -0.353 e. The van der Waals surface area contributed by atoms with Crippen molar-refractivity contribution in [1.29, 1.82) is 0 Å². The summed E-state index contributed by atoms with van der Waals surface area (Å²) in [6.45, 7) is 4.08. The summed E-state index contributed by atoms with van der Waals surface area (Å²) in [4.78, 5) is 10.3. The summed E-state index contributed by atoms with van der Waals surface area (Å²) in [5, 5.41) is 0.996. The molecule has 2 rings (SSSR count). The van der Waals surface area contributed by atoms with E-state index in [1.165, 1.54) is 5.56 Å². The van der Waals surface area contributed by atoms with E-state index in [1.54, 1.807) is 6.20 Å². The van der Waals surface area contributed by atoms with Crippen molar-refractivity contribution in [3.05, 3.63) is 51.9 Å². The summed E-state index contributed by atoms with van der Waals surface area (Å²) >= 11 is 11.8. The summed E-state index contributed by atoms with van der Waals surface area (Å²) in [6.07, 6.45) is 1.73. The standard InChI is InChI=1S/C14H15Cl2N3/c1-9-8-17-14(16)18-13(9)19(3)10(2)11-4-6-12(15)7-5-11/h4-8,10H,1-3H3. The normalized spacial score (nSPS) is 12.3. The zero-order valence-corrected chi connectivity index (χ0v) is 12.6. The summed E-state index contributed by atoms with van der Waals surface area (Å²) in [5.74, 6) is 0.836. The maximum absolute atomic E-state index is 5.91. The molecule has 0 aliphatic rings. The van der Waals surface area contributed by atoms with Crippen LogP contribution in [-0.2, 0) is 0 Å². The van der Waals surface area contributed by atoms with Crippen LogP contribution in [0.2, 0.25) is 10.3 Å². The number of aryl methyl sites for hydroxylation is 1. The molecule has 0 aliphatic carbocycles. The van der Waals surface area contributed by atoms with Crippen LogP contribution in [0.25, 0.3) is 0 Å². The quantitative estimate of drug-likeness (QED) is 0.791. The number of hydrogen-bond donors (Lipinski definition) is 0. The number of nitrogens with zero attached hydrogens (tertiary/aromatic N) is 3. The first kappa shape index (κ1) is 14.1. The average molecular weight is 296 g/mol. The first-order valence-corrected chi connectivity index (χ1v) is 6.72.